The van der Waals surface area contributed by atoms with Gasteiger partial charge in [-0.05, 0) is 93.3 Å². The van der Waals surface area contributed by atoms with E-state index >= 15 is 0 Å². The largest absolute Gasteiger partial charge is 0.392 e. The molecule has 0 radical (unpaired) electrons. The van der Waals surface area contributed by atoms with Crippen molar-refractivity contribution in [3.8, 4) is 0 Å². The number of amides is 3. The predicted molar refractivity (Wildman–Crippen MR) is 177 cm³/mol. The third-order valence-corrected chi connectivity index (χ3v) is 8.07. The maximum atomic E-state index is 14.3. The van der Waals surface area contributed by atoms with Crippen LogP contribution in [0.1, 0.15) is 67.6 Å². The van der Waals surface area contributed by atoms with Crippen LogP contribution in [-0.2, 0) is 33.6 Å². The number of nitrogens with zero attached hydrogens (tertiary/aromatic N) is 2. The van der Waals surface area contributed by atoms with Crippen LogP contribution in [0.5, 0.6) is 0 Å². The molecule has 2 heterocycles. The van der Waals surface area contributed by atoms with Crippen LogP contribution >= 0.6 is 0 Å². The molecule has 3 atom stereocenters. The molecular weight excluding hydrogens is 582 g/mol. The topological polar surface area (TPSA) is 169 Å². The second kappa shape index (κ2) is 14.5. The molecule has 10 nitrogen and oxygen atoms in total. The van der Waals surface area contributed by atoms with Crippen molar-refractivity contribution in [2.45, 2.75) is 77.5 Å². The number of ketones is 1. The number of aliphatic hydroxyl groups excluding tert-OH is 1. The summed E-state index contributed by atoms with van der Waals surface area (Å²) < 4.78 is 0. The first kappa shape index (κ1) is 34.1. The number of nitrogens with one attached hydrogen (secondary N) is 1. The minimum absolute atomic E-state index is 0.102. The Morgan fingerprint density at radius 3 is 2.30 bits per heavy atom. The maximum Gasteiger partial charge on any atom is 0.265 e. The molecule has 3 amide bonds. The van der Waals surface area contributed by atoms with Gasteiger partial charge in [0.2, 0.25) is 5.91 Å². The third-order valence-electron chi connectivity index (χ3n) is 8.07. The first-order chi connectivity index (χ1) is 21.7. The Hall–Kier alpha value is -4.83. The van der Waals surface area contributed by atoms with E-state index in [1.807, 2.05) is 39.0 Å². The summed E-state index contributed by atoms with van der Waals surface area (Å²) in [5, 5.41) is 14.7. The molecule has 3 unspecified atom stereocenters. The molecule has 6 N–H and O–H groups in total. The fourth-order valence-electron chi connectivity index (χ4n) is 6.06. The van der Waals surface area contributed by atoms with Gasteiger partial charge < -0.3 is 26.8 Å². The van der Waals surface area contributed by atoms with Gasteiger partial charge in [0.1, 0.15) is 11.7 Å². The Morgan fingerprint density at radius 2 is 1.65 bits per heavy atom. The number of pyridine rings is 1. The van der Waals surface area contributed by atoms with E-state index in [2.05, 4.69) is 10.3 Å². The number of aromatic nitrogens is 1. The van der Waals surface area contributed by atoms with Gasteiger partial charge in [-0.25, -0.2) is 0 Å². The van der Waals surface area contributed by atoms with Crippen molar-refractivity contribution in [2.75, 3.05) is 4.90 Å². The molecule has 2 aromatic carbocycles. The zero-order valence-corrected chi connectivity index (χ0v) is 26.8. The molecule has 242 valence electrons. The Bertz CT molecular complexity index is 1630. The summed E-state index contributed by atoms with van der Waals surface area (Å²) in [5.74, 6) is -2.71. The molecule has 0 bridgehead atoms. The van der Waals surface area contributed by atoms with E-state index in [0.717, 1.165) is 11.1 Å². The minimum atomic E-state index is -1.13. The van der Waals surface area contributed by atoms with Crippen LogP contribution in [0.3, 0.4) is 0 Å². The van der Waals surface area contributed by atoms with Crippen LogP contribution in [0.4, 0.5) is 5.69 Å². The van der Waals surface area contributed by atoms with Crippen molar-refractivity contribution < 1.29 is 24.3 Å². The summed E-state index contributed by atoms with van der Waals surface area (Å²) in [4.78, 5) is 58.4. The molecule has 0 saturated heterocycles. The zero-order valence-electron chi connectivity index (χ0n) is 26.8. The average molecular weight is 626 g/mol. The zero-order chi connectivity index (χ0) is 33.6. The molecule has 0 aliphatic carbocycles. The van der Waals surface area contributed by atoms with Crippen LogP contribution in [0.15, 0.2) is 84.3 Å². The first-order valence-electron chi connectivity index (χ1n) is 15.4. The quantitative estimate of drug-likeness (QED) is 0.226. The lowest BCUT2D eigenvalue weighted by molar-refractivity contribution is -0.126. The Balaban J connectivity index is 1.70. The van der Waals surface area contributed by atoms with E-state index in [-0.39, 0.29) is 36.6 Å². The number of carbonyl (C=O) groups excluding carboxylic acids is 4. The number of anilines is 1. The number of aliphatic hydroxyl groups is 1. The van der Waals surface area contributed by atoms with Crippen molar-refractivity contribution in [3.63, 3.8) is 0 Å². The van der Waals surface area contributed by atoms with Crippen LogP contribution in [0, 0.1) is 5.92 Å². The SMILES string of the molecule is CC1=C(C(N)=O)N(C(CC(N)=O)C(=O)CC(Cc2cccnc2)C(O)Cc2ccccc2C(=O)NC(C)(C)C)c2ccccc2C1. The summed E-state index contributed by atoms with van der Waals surface area (Å²) in [7, 11) is 0. The molecule has 0 fully saturated rings. The van der Waals surface area contributed by atoms with Gasteiger partial charge in [0, 0.05) is 35.6 Å². The van der Waals surface area contributed by atoms with Gasteiger partial charge >= 0.3 is 0 Å². The fourth-order valence-corrected chi connectivity index (χ4v) is 6.06. The molecule has 10 heteroatoms. The summed E-state index contributed by atoms with van der Waals surface area (Å²) in [6.07, 6.45) is 2.63. The van der Waals surface area contributed by atoms with Gasteiger partial charge in [-0.2, -0.15) is 0 Å². The summed E-state index contributed by atoms with van der Waals surface area (Å²) >= 11 is 0. The van der Waals surface area contributed by atoms with Crippen molar-refractivity contribution in [2.24, 2.45) is 17.4 Å². The lowest BCUT2D eigenvalue weighted by atomic mass is 9.83. The van der Waals surface area contributed by atoms with Crippen LogP contribution in [-0.4, -0.2) is 51.3 Å². The van der Waals surface area contributed by atoms with Crippen LogP contribution < -0.4 is 21.7 Å². The Labute approximate surface area is 269 Å². The van der Waals surface area contributed by atoms with E-state index in [9.17, 15) is 24.3 Å². The molecule has 0 saturated carbocycles. The number of hydrogen-bond donors (Lipinski definition) is 4. The number of rotatable bonds is 13. The highest BCUT2D eigenvalue weighted by atomic mass is 16.3. The molecule has 4 rings (SSSR count). The van der Waals surface area contributed by atoms with Gasteiger partial charge in [0.15, 0.2) is 5.78 Å². The predicted octanol–water partition coefficient (Wildman–Crippen LogP) is 3.40. The van der Waals surface area contributed by atoms with Gasteiger partial charge in [-0.15, -0.1) is 0 Å². The fraction of sp³-hybridized carbons (Fsp3) is 0.361. The Kier molecular flexibility index (Phi) is 10.7. The number of fused-ring (bicyclic) bond motifs is 1. The van der Waals surface area contributed by atoms with Gasteiger partial charge in [0.05, 0.1) is 12.5 Å². The highest BCUT2D eigenvalue weighted by Gasteiger charge is 2.38. The van der Waals surface area contributed by atoms with Crippen molar-refractivity contribution in [1.29, 1.82) is 0 Å². The van der Waals surface area contributed by atoms with E-state index in [1.54, 1.807) is 66.7 Å². The summed E-state index contributed by atoms with van der Waals surface area (Å²) in [5.41, 5.74) is 15.2. The first-order valence-corrected chi connectivity index (χ1v) is 15.4. The average Bonchev–Trinajstić information content (AvgIpc) is 2.98. The van der Waals surface area contributed by atoms with Gasteiger partial charge in [0.25, 0.3) is 11.8 Å². The normalized spacial score (nSPS) is 15.0. The third kappa shape index (κ3) is 8.45. The monoisotopic (exact) mass is 625 g/mol. The number of primary amides is 2. The second-order valence-electron chi connectivity index (χ2n) is 13.0. The molecule has 1 aliphatic rings. The molecule has 46 heavy (non-hydrogen) atoms. The smallest absolute Gasteiger partial charge is 0.265 e. The van der Waals surface area contributed by atoms with E-state index in [1.165, 1.54) is 0 Å². The Morgan fingerprint density at radius 1 is 0.957 bits per heavy atom. The van der Waals surface area contributed by atoms with E-state index < -0.39 is 35.4 Å². The van der Waals surface area contributed by atoms with Crippen molar-refractivity contribution in [1.82, 2.24) is 10.3 Å². The van der Waals surface area contributed by atoms with Crippen LogP contribution in [0.25, 0.3) is 0 Å². The summed E-state index contributed by atoms with van der Waals surface area (Å²) in [6, 6.07) is 16.9. The van der Waals surface area contributed by atoms with E-state index in [0.29, 0.717) is 35.2 Å². The lowest BCUT2D eigenvalue weighted by Crippen LogP contribution is -2.49. The number of Topliss-reactive ketones (excluding diaryl/α,β-unsaturated/α-hetero) is 1. The number of nitrogens with two attached hydrogens (primary N) is 2. The molecule has 1 aliphatic heterocycles. The standard InChI is InChI=1S/C36H43N5O5/c1-22-16-25-12-6-8-14-28(25)41(33(22)34(38)45)29(20-32(37)44)31(43)19-26(17-23-10-9-15-39-21-23)30(42)18-24-11-5-7-13-27(24)35(46)40-36(2,3)4/h5-15,21,26,29-30,42H,16-20H2,1-4H3,(H2,37,44)(H2,38,45)(H,40,46). The van der Waals surface area contributed by atoms with Crippen molar-refractivity contribution >= 4 is 29.2 Å². The van der Waals surface area contributed by atoms with Crippen LogP contribution in [0.2, 0.25) is 0 Å². The van der Waals surface area contributed by atoms with Gasteiger partial charge in [-0.3, -0.25) is 24.2 Å². The number of para-hydroxylation sites is 1. The lowest BCUT2D eigenvalue weighted by Gasteiger charge is -2.39. The highest BCUT2D eigenvalue weighted by molar-refractivity contribution is 6.02. The number of carbonyl (C=O) groups is 4. The highest BCUT2D eigenvalue weighted by Crippen LogP contribution is 2.36. The number of hydrogen-bond acceptors (Lipinski definition) is 7. The molecule has 3 aromatic rings. The van der Waals surface area contributed by atoms with E-state index in [4.69, 9.17) is 11.5 Å². The molecular formula is C36H43N5O5. The van der Waals surface area contributed by atoms with Crippen molar-refractivity contribution in [3.05, 3.63) is 107 Å². The summed E-state index contributed by atoms with van der Waals surface area (Å²) in [6.45, 7) is 7.45. The molecule has 1 aromatic heterocycles. The van der Waals surface area contributed by atoms with Gasteiger partial charge in [-0.1, -0.05) is 42.5 Å². The second-order valence-corrected chi connectivity index (χ2v) is 13.0. The minimum Gasteiger partial charge on any atom is -0.392 e. The maximum absolute atomic E-state index is 14.3. The number of benzene rings is 2. The number of allylic oxidation sites excluding steroid dienone is 1. The molecule has 0 spiro atoms.